The van der Waals surface area contributed by atoms with E-state index in [1.54, 1.807) is 0 Å². The summed E-state index contributed by atoms with van der Waals surface area (Å²) >= 11 is 8.04. The molecule has 0 atom stereocenters. The molecule has 0 bridgehead atoms. The van der Waals surface area contributed by atoms with Gasteiger partial charge in [0.25, 0.3) is 0 Å². The Kier molecular flexibility index (Phi) is 4.80. The fraction of sp³-hybridized carbons (Fsp3) is 0.533. The molecular weight excluding hydrogens is 276 g/mol. The largest absolute Gasteiger partial charge is 0.334 e. The minimum absolute atomic E-state index is 0.382. The van der Waals surface area contributed by atoms with E-state index in [2.05, 4.69) is 25.2 Å². The highest BCUT2D eigenvalue weighted by molar-refractivity contribution is 8.14. The number of benzene rings is 1. The van der Waals surface area contributed by atoms with Gasteiger partial charge in [-0.1, -0.05) is 43.3 Å². The Morgan fingerprint density at radius 1 is 1.37 bits per heavy atom. The summed E-state index contributed by atoms with van der Waals surface area (Å²) in [6.07, 6.45) is 2.39. The van der Waals surface area contributed by atoms with Crippen molar-refractivity contribution in [2.75, 3.05) is 17.6 Å². The molecule has 104 valence electrons. The summed E-state index contributed by atoms with van der Waals surface area (Å²) in [4.78, 5) is 4.69. The molecule has 0 spiro atoms. The average Bonchev–Trinajstić information content (AvgIpc) is 2.43. The van der Waals surface area contributed by atoms with Gasteiger partial charge in [0.15, 0.2) is 5.17 Å². The Morgan fingerprint density at radius 3 is 2.63 bits per heavy atom. The number of anilines is 1. The molecule has 0 aliphatic carbocycles. The smallest absolute Gasteiger partial charge is 0.161 e. The second-order valence-corrected chi connectivity index (χ2v) is 6.60. The molecule has 1 N–H and O–H groups in total. The van der Waals surface area contributed by atoms with E-state index in [1.807, 2.05) is 30.8 Å². The molecule has 0 unspecified atom stereocenters. The van der Waals surface area contributed by atoms with Crippen LogP contribution in [0.4, 0.5) is 5.69 Å². The molecule has 2 rings (SSSR count). The van der Waals surface area contributed by atoms with Crippen LogP contribution in [0.5, 0.6) is 0 Å². The Bertz CT molecular complexity index is 481. The average molecular weight is 297 g/mol. The number of hydrogen-bond donors (Lipinski definition) is 1. The summed E-state index contributed by atoms with van der Waals surface area (Å²) in [5.74, 6) is 1.13. The highest BCUT2D eigenvalue weighted by Gasteiger charge is 2.30. The first-order chi connectivity index (χ1) is 9.08. The van der Waals surface area contributed by atoms with Gasteiger partial charge in [0.2, 0.25) is 0 Å². The lowest BCUT2D eigenvalue weighted by atomic mass is 9.84. The Labute approximate surface area is 125 Å². The molecule has 0 saturated heterocycles. The minimum atomic E-state index is 0.382. The van der Waals surface area contributed by atoms with Gasteiger partial charge in [-0.15, -0.1) is 0 Å². The summed E-state index contributed by atoms with van der Waals surface area (Å²) in [6, 6.07) is 6.05. The number of hydrogen-bond acceptors (Lipinski definition) is 3. The Balaban J connectivity index is 2.07. The SMILES string of the molecule is CCC1(CC)CN=C(Nc2ccc(C)cc2Cl)SC1. The van der Waals surface area contributed by atoms with Crippen LogP contribution >= 0.6 is 23.4 Å². The van der Waals surface area contributed by atoms with Crippen molar-refractivity contribution in [2.45, 2.75) is 33.6 Å². The van der Waals surface area contributed by atoms with E-state index < -0.39 is 0 Å². The van der Waals surface area contributed by atoms with Crippen molar-refractivity contribution in [3.8, 4) is 0 Å². The summed E-state index contributed by atoms with van der Waals surface area (Å²) in [7, 11) is 0. The number of aliphatic imine (C=N–C) groups is 1. The zero-order chi connectivity index (χ0) is 13.9. The Hall–Kier alpha value is -0.670. The maximum atomic E-state index is 6.23. The third-order valence-corrected chi connectivity index (χ3v) is 5.51. The fourth-order valence-corrected chi connectivity index (χ4v) is 3.71. The van der Waals surface area contributed by atoms with E-state index in [4.69, 9.17) is 16.6 Å². The quantitative estimate of drug-likeness (QED) is 0.851. The van der Waals surface area contributed by atoms with Gasteiger partial charge in [-0.2, -0.15) is 0 Å². The van der Waals surface area contributed by atoms with E-state index in [1.165, 1.54) is 18.4 Å². The van der Waals surface area contributed by atoms with Gasteiger partial charge in [-0.3, -0.25) is 4.99 Å². The molecule has 2 nitrogen and oxygen atoms in total. The molecule has 0 fully saturated rings. The summed E-state index contributed by atoms with van der Waals surface area (Å²) < 4.78 is 0. The van der Waals surface area contributed by atoms with Crippen molar-refractivity contribution in [1.29, 1.82) is 0 Å². The molecule has 1 aromatic rings. The molecular formula is C15H21ClN2S. The zero-order valence-electron chi connectivity index (χ0n) is 11.8. The first-order valence-electron chi connectivity index (χ1n) is 6.79. The number of aryl methyl sites for hydroxylation is 1. The van der Waals surface area contributed by atoms with Crippen LogP contribution in [0.15, 0.2) is 23.2 Å². The number of nitrogens with one attached hydrogen (secondary N) is 1. The van der Waals surface area contributed by atoms with Crippen LogP contribution in [-0.2, 0) is 0 Å². The van der Waals surface area contributed by atoms with Crippen LogP contribution in [0.2, 0.25) is 5.02 Å². The van der Waals surface area contributed by atoms with E-state index in [9.17, 15) is 0 Å². The van der Waals surface area contributed by atoms with Crippen molar-refractivity contribution in [2.24, 2.45) is 10.4 Å². The van der Waals surface area contributed by atoms with Gasteiger partial charge in [-0.05, 0) is 42.9 Å². The molecule has 4 heteroatoms. The lowest BCUT2D eigenvalue weighted by molar-refractivity contribution is 0.318. The van der Waals surface area contributed by atoms with Crippen LogP contribution in [0.1, 0.15) is 32.3 Å². The van der Waals surface area contributed by atoms with E-state index in [0.29, 0.717) is 5.41 Å². The molecule has 1 aromatic carbocycles. The first-order valence-corrected chi connectivity index (χ1v) is 8.15. The summed E-state index contributed by atoms with van der Waals surface area (Å²) in [5, 5.41) is 5.09. The standard InChI is InChI=1S/C15H21ClN2S/c1-4-15(5-2)9-17-14(19-10-15)18-13-7-6-11(3)8-12(13)16/h6-8H,4-5,9-10H2,1-3H3,(H,17,18). The highest BCUT2D eigenvalue weighted by atomic mass is 35.5. The number of thioether (sulfide) groups is 1. The maximum absolute atomic E-state index is 6.23. The molecule has 1 aliphatic heterocycles. The van der Waals surface area contributed by atoms with E-state index in [-0.39, 0.29) is 0 Å². The van der Waals surface area contributed by atoms with Gasteiger partial charge in [-0.25, -0.2) is 0 Å². The molecule has 0 amide bonds. The molecule has 0 saturated carbocycles. The molecule has 0 radical (unpaired) electrons. The number of rotatable bonds is 3. The lowest BCUT2D eigenvalue weighted by Gasteiger charge is -2.33. The Morgan fingerprint density at radius 2 is 2.11 bits per heavy atom. The first kappa shape index (κ1) is 14.7. The van der Waals surface area contributed by atoms with Gasteiger partial charge >= 0.3 is 0 Å². The van der Waals surface area contributed by atoms with Crippen molar-refractivity contribution in [3.63, 3.8) is 0 Å². The minimum Gasteiger partial charge on any atom is -0.334 e. The van der Waals surface area contributed by atoms with Crippen LogP contribution in [-0.4, -0.2) is 17.5 Å². The third-order valence-electron chi connectivity index (χ3n) is 3.94. The molecule has 0 aromatic heterocycles. The van der Waals surface area contributed by atoms with Crippen molar-refractivity contribution in [3.05, 3.63) is 28.8 Å². The van der Waals surface area contributed by atoms with Crippen molar-refractivity contribution >= 4 is 34.2 Å². The van der Waals surface area contributed by atoms with Crippen LogP contribution < -0.4 is 5.32 Å². The summed E-state index contributed by atoms with van der Waals surface area (Å²) in [5.41, 5.74) is 2.50. The molecule has 1 heterocycles. The van der Waals surface area contributed by atoms with Crippen LogP contribution in [0, 0.1) is 12.3 Å². The predicted octanol–water partition coefficient (Wildman–Crippen LogP) is 4.97. The van der Waals surface area contributed by atoms with E-state index >= 15 is 0 Å². The zero-order valence-corrected chi connectivity index (χ0v) is 13.4. The number of halogens is 1. The predicted molar refractivity (Wildman–Crippen MR) is 87.6 cm³/mol. The van der Waals surface area contributed by atoms with Gasteiger partial charge in [0.1, 0.15) is 0 Å². The number of amidine groups is 1. The molecule has 1 aliphatic rings. The van der Waals surface area contributed by atoms with Gasteiger partial charge in [0, 0.05) is 12.3 Å². The third kappa shape index (κ3) is 3.46. The van der Waals surface area contributed by atoms with Gasteiger partial charge in [0.05, 0.1) is 10.7 Å². The second-order valence-electron chi connectivity index (χ2n) is 5.23. The van der Waals surface area contributed by atoms with Gasteiger partial charge < -0.3 is 5.32 Å². The topological polar surface area (TPSA) is 24.4 Å². The number of nitrogens with zero attached hydrogens (tertiary/aromatic N) is 1. The molecule has 19 heavy (non-hydrogen) atoms. The lowest BCUT2D eigenvalue weighted by Crippen LogP contribution is -2.32. The second kappa shape index (κ2) is 6.19. The monoisotopic (exact) mass is 296 g/mol. The van der Waals surface area contributed by atoms with Crippen LogP contribution in [0.3, 0.4) is 0 Å². The van der Waals surface area contributed by atoms with Crippen molar-refractivity contribution in [1.82, 2.24) is 0 Å². The maximum Gasteiger partial charge on any atom is 0.161 e. The normalized spacial score (nSPS) is 18.0. The summed E-state index contributed by atoms with van der Waals surface area (Å²) in [6.45, 7) is 7.47. The highest BCUT2D eigenvalue weighted by Crippen LogP contribution is 2.36. The van der Waals surface area contributed by atoms with E-state index in [0.717, 1.165) is 28.2 Å². The van der Waals surface area contributed by atoms with Crippen LogP contribution in [0.25, 0.3) is 0 Å². The van der Waals surface area contributed by atoms with Crippen molar-refractivity contribution < 1.29 is 0 Å². The fourth-order valence-electron chi connectivity index (χ4n) is 2.14.